The third-order valence-corrected chi connectivity index (χ3v) is 5.88. The molecule has 31 heavy (non-hydrogen) atoms. The SMILES string of the molecule is Cc1ccc(Cn2c(SCC(=O)Nc3ccccc3C)nc3ncccc3c2=O)cc1. The maximum Gasteiger partial charge on any atom is 0.263 e. The molecule has 0 bridgehead atoms. The Morgan fingerprint density at radius 2 is 1.81 bits per heavy atom. The van der Waals surface area contributed by atoms with Crippen molar-refractivity contribution in [2.75, 3.05) is 11.1 Å². The first-order valence-electron chi connectivity index (χ1n) is 9.90. The quantitative estimate of drug-likeness (QED) is 0.367. The minimum Gasteiger partial charge on any atom is -0.325 e. The first-order chi connectivity index (χ1) is 15.0. The molecule has 0 aliphatic carbocycles. The number of amides is 1. The van der Waals surface area contributed by atoms with Crippen molar-refractivity contribution in [2.45, 2.75) is 25.5 Å². The van der Waals surface area contributed by atoms with Crippen LogP contribution in [-0.4, -0.2) is 26.2 Å². The number of nitrogens with one attached hydrogen (secondary N) is 1. The third kappa shape index (κ3) is 4.83. The molecule has 0 fully saturated rings. The molecule has 6 nitrogen and oxygen atoms in total. The summed E-state index contributed by atoms with van der Waals surface area (Å²) in [4.78, 5) is 34.5. The first-order valence-corrected chi connectivity index (χ1v) is 10.9. The summed E-state index contributed by atoms with van der Waals surface area (Å²) in [6.07, 6.45) is 1.61. The largest absolute Gasteiger partial charge is 0.325 e. The van der Waals surface area contributed by atoms with Gasteiger partial charge in [0.1, 0.15) is 0 Å². The van der Waals surface area contributed by atoms with Crippen molar-refractivity contribution in [3.05, 3.63) is 93.9 Å². The van der Waals surface area contributed by atoms with E-state index in [0.29, 0.717) is 22.7 Å². The Labute approximate surface area is 184 Å². The highest BCUT2D eigenvalue weighted by Crippen LogP contribution is 2.20. The van der Waals surface area contributed by atoms with Crippen molar-refractivity contribution in [3.8, 4) is 0 Å². The van der Waals surface area contributed by atoms with Crippen molar-refractivity contribution in [1.82, 2.24) is 14.5 Å². The van der Waals surface area contributed by atoms with Gasteiger partial charge in [0.2, 0.25) is 5.91 Å². The molecule has 2 heterocycles. The summed E-state index contributed by atoms with van der Waals surface area (Å²) in [5.74, 6) is -0.0240. The number of hydrogen-bond acceptors (Lipinski definition) is 5. The number of rotatable bonds is 6. The second kappa shape index (κ2) is 9.14. The molecule has 156 valence electrons. The van der Waals surface area contributed by atoms with Crippen LogP contribution in [0.15, 0.2) is 76.8 Å². The number of pyridine rings is 1. The lowest BCUT2D eigenvalue weighted by molar-refractivity contribution is -0.113. The van der Waals surface area contributed by atoms with Crippen LogP contribution >= 0.6 is 11.8 Å². The normalized spacial score (nSPS) is 10.9. The van der Waals surface area contributed by atoms with Crippen molar-refractivity contribution in [1.29, 1.82) is 0 Å². The van der Waals surface area contributed by atoms with Gasteiger partial charge in [-0.25, -0.2) is 9.97 Å². The van der Waals surface area contributed by atoms with Gasteiger partial charge in [0.15, 0.2) is 10.8 Å². The Morgan fingerprint density at radius 3 is 2.58 bits per heavy atom. The second-order valence-corrected chi connectivity index (χ2v) is 8.24. The molecule has 4 aromatic rings. The molecule has 2 aromatic heterocycles. The number of carbonyl (C=O) groups excluding carboxylic acids is 1. The van der Waals surface area contributed by atoms with Crippen LogP contribution in [0.3, 0.4) is 0 Å². The van der Waals surface area contributed by atoms with Gasteiger partial charge in [0.25, 0.3) is 5.56 Å². The van der Waals surface area contributed by atoms with Gasteiger partial charge < -0.3 is 5.32 Å². The van der Waals surface area contributed by atoms with E-state index in [-0.39, 0.29) is 17.2 Å². The van der Waals surface area contributed by atoms with E-state index in [1.807, 2.05) is 62.4 Å². The standard InChI is InChI=1S/C24H22N4O2S/c1-16-9-11-18(12-10-16)14-28-23(30)19-7-5-13-25-22(19)27-24(28)31-15-21(29)26-20-8-4-3-6-17(20)2/h3-13H,14-15H2,1-2H3,(H,26,29). The van der Waals surface area contributed by atoms with E-state index < -0.39 is 0 Å². The monoisotopic (exact) mass is 430 g/mol. The molecule has 4 rings (SSSR count). The fourth-order valence-electron chi connectivity index (χ4n) is 3.19. The molecule has 0 radical (unpaired) electrons. The van der Waals surface area contributed by atoms with E-state index in [9.17, 15) is 9.59 Å². The lowest BCUT2D eigenvalue weighted by atomic mass is 10.1. The minimum atomic E-state index is -0.166. The summed E-state index contributed by atoms with van der Waals surface area (Å²) in [5.41, 5.74) is 4.13. The number of carbonyl (C=O) groups is 1. The van der Waals surface area contributed by atoms with Gasteiger partial charge in [0, 0.05) is 11.9 Å². The van der Waals surface area contributed by atoms with Crippen LogP contribution in [0.5, 0.6) is 0 Å². The average molecular weight is 431 g/mol. The smallest absolute Gasteiger partial charge is 0.263 e. The maximum atomic E-state index is 13.2. The highest BCUT2D eigenvalue weighted by molar-refractivity contribution is 7.99. The number of aromatic nitrogens is 3. The maximum absolute atomic E-state index is 13.2. The van der Waals surface area contributed by atoms with Crippen molar-refractivity contribution in [2.24, 2.45) is 0 Å². The number of benzene rings is 2. The van der Waals surface area contributed by atoms with Crippen LogP contribution in [0.1, 0.15) is 16.7 Å². The summed E-state index contributed by atoms with van der Waals surface area (Å²) in [6, 6.07) is 19.1. The Kier molecular flexibility index (Phi) is 6.13. The summed E-state index contributed by atoms with van der Waals surface area (Å²) in [5, 5.41) is 3.85. The van der Waals surface area contributed by atoms with Gasteiger partial charge in [-0.1, -0.05) is 59.8 Å². The molecule has 0 saturated heterocycles. The summed E-state index contributed by atoms with van der Waals surface area (Å²) < 4.78 is 1.61. The van der Waals surface area contributed by atoms with Crippen LogP contribution in [0, 0.1) is 13.8 Å². The summed E-state index contributed by atoms with van der Waals surface area (Å²) in [7, 11) is 0. The molecule has 0 saturated carbocycles. The first kappa shape index (κ1) is 20.8. The predicted octanol–water partition coefficient (Wildman–Crippen LogP) is 4.19. The van der Waals surface area contributed by atoms with Crippen molar-refractivity contribution in [3.63, 3.8) is 0 Å². The van der Waals surface area contributed by atoms with Crippen molar-refractivity contribution >= 4 is 34.4 Å². The molecule has 7 heteroatoms. The molecular formula is C24H22N4O2S. The molecule has 2 aromatic carbocycles. The van der Waals surface area contributed by atoms with E-state index in [0.717, 1.165) is 22.4 Å². The van der Waals surface area contributed by atoms with Crippen LogP contribution in [0.25, 0.3) is 11.0 Å². The number of thioether (sulfide) groups is 1. The third-order valence-electron chi connectivity index (χ3n) is 4.91. The predicted molar refractivity (Wildman–Crippen MR) is 125 cm³/mol. The highest BCUT2D eigenvalue weighted by Gasteiger charge is 2.15. The molecule has 0 aliphatic rings. The van der Waals surface area contributed by atoms with Crippen molar-refractivity contribution < 1.29 is 4.79 Å². The van der Waals surface area contributed by atoms with E-state index in [4.69, 9.17) is 0 Å². The van der Waals surface area contributed by atoms with Gasteiger partial charge in [-0.15, -0.1) is 0 Å². The number of anilines is 1. The van der Waals surface area contributed by atoms with Crippen LogP contribution in [0.2, 0.25) is 0 Å². The molecule has 0 aliphatic heterocycles. The lowest BCUT2D eigenvalue weighted by Crippen LogP contribution is -2.25. The summed E-state index contributed by atoms with van der Waals surface area (Å²) in [6.45, 7) is 4.34. The summed E-state index contributed by atoms with van der Waals surface area (Å²) >= 11 is 1.23. The van der Waals surface area contributed by atoms with E-state index in [1.54, 1.807) is 22.9 Å². The zero-order valence-electron chi connectivity index (χ0n) is 17.3. The molecule has 1 N–H and O–H groups in total. The van der Waals surface area contributed by atoms with E-state index in [2.05, 4.69) is 15.3 Å². The highest BCUT2D eigenvalue weighted by atomic mass is 32.2. The van der Waals surface area contributed by atoms with Crippen LogP contribution in [0.4, 0.5) is 5.69 Å². The van der Waals surface area contributed by atoms with E-state index >= 15 is 0 Å². The van der Waals surface area contributed by atoms with Gasteiger partial charge >= 0.3 is 0 Å². The lowest BCUT2D eigenvalue weighted by Gasteiger charge is -2.13. The van der Waals surface area contributed by atoms with Gasteiger partial charge in [0.05, 0.1) is 17.7 Å². The fraction of sp³-hybridized carbons (Fsp3) is 0.167. The molecular weight excluding hydrogens is 408 g/mol. The number of aryl methyl sites for hydroxylation is 2. The van der Waals surface area contributed by atoms with Gasteiger partial charge in [-0.2, -0.15) is 0 Å². The van der Waals surface area contributed by atoms with Gasteiger partial charge in [-0.3, -0.25) is 14.2 Å². The van der Waals surface area contributed by atoms with E-state index in [1.165, 1.54) is 11.8 Å². The number of nitrogens with zero attached hydrogens (tertiary/aromatic N) is 3. The molecule has 0 unspecified atom stereocenters. The number of fused-ring (bicyclic) bond motifs is 1. The van der Waals surface area contributed by atoms with Crippen LogP contribution in [-0.2, 0) is 11.3 Å². The zero-order valence-corrected chi connectivity index (χ0v) is 18.1. The Balaban J connectivity index is 1.62. The Bertz CT molecular complexity index is 1300. The minimum absolute atomic E-state index is 0.132. The fourth-order valence-corrected chi connectivity index (χ4v) is 3.98. The van der Waals surface area contributed by atoms with Gasteiger partial charge in [-0.05, 0) is 43.2 Å². The average Bonchev–Trinajstić information content (AvgIpc) is 2.77. The molecule has 0 atom stereocenters. The Hall–Kier alpha value is -3.45. The molecule has 0 spiro atoms. The zero-order chi connectivity index (χ0) is 21.8. The number of para-hydroxylation sites is 1. The second-order valence-electron chi connectivity index (χ2n) is 7.30. The topological polar surface area (TPSA) is 76.9 Å². The number of hydrogen-bond donors (Lipinski definition) is 1. The van der Waals surface area contributed by atoms with Crippen LogP contribution < -0.4 is 10.9 Å². The molecule has 1 amide bonds. The Morgan fingerprint density at radius 1 is 1.03 bits per heavy atom.